The third kappa shape index (κ3) is 4.40. The van der Waals surface area contributed by atoms with Crippen molar-refractivity contribution in [2.75, 3.05) is 0 Å². The predicted octanol–water partition coefficient (Wildman–Crippen LogP) is 1.37. The summed E-state index contributed by atoms with van der Waals surface area (Å²) >= 11 is 0. The zero-order valence-electron chi connectivity index (χ0n) is 12.1. The number of aryl methyl sites for hydroxylation is 1. The van der Waals surface area contributed by atoms with Crippen LogP contribution >= 0.6 is 0 Å². The molecule has 7 nitrogen and oxygen atoms in total. The highest BCUT2D eigenvalue weighted by Gasteiger charge is 2.37. The van der Waals surface area contributed by atoms with Crippen molar-refractivity contribution in [3.05, 3.63) is 23.8 Å². The van der Waals surface area contributed by atoms with Gasteiger partial charge in [-0.25, -0.2) is 4.79 Å². The molecular formula is C14H20N4O3. The van der Waals surface area contributed by atoms with Crippen LogP contribution in [0.5, 0.6) is 0 Å². The van der Waals surface area contributed by atoms with E-state index in [1.54, 1.807) is 12.4 Å². The van der Waals surface area contributed by atoms with Crippen molar-refractivity contribution in [1.82, 2.24) is 20.6 Å². The number of carboxylic acids is 1. The van der Waals surface area contributed by atoms with Crippen molar-refractivity contribution >= 4 is 12.0 Å². The van der Waals surface area contributed by atoms with Gasteiger partial charge in [-0.3, -0.25) is 14.8 Å². The molecule has 2 amide bonds. The van der Waals surface area contributed by atoms with Gasteiger partial charge in [0.25, 0.3) is 0 Å². The Hall–Kier alpha value is -2.18. The Morgan fingerprint density at radius 2 is 2.00 bits per heavy atom. The van der Waals surface area contributed by atoms with E-state index in [9.17, 15) is 9.59 Å². The Bertz CT molecular complexity index is 509. The van der Waals surface area contributed by atoms with Gasteiger partial charge < -0.3 is 15.7 Å². The molecule has 1 aliphatic carbocycles. The highest BCUT2D eigenvalue weighted by atomic mass is 16.4. The summed E-state index contributed by atoms with van der Waals surface area (Å²) in [6.07, 6.45) is 6.50. The lowest BCUT2D eigenvalue weighted by Crippen LogP contribution is -2.51. The van der Waals surface area contributed by atoms with Crippen molar-refractivity contribution in [1.29, 1.82) is 0 Å². The van der Waals surface area contributed by atoms with Gasteiger partial charge in [0.2, 0.25) is 0 Å². The van der Waals surface area contributed by atoms with Crippen LogP contribution in [-0.2, 0) is 11.3 Å². The molecule has 7 heteroatoms. The molecule has 1 aliphatic rings. The lowest BCUT2D eigenvalue weighted by atomic mass is 9.93. The summed E-state index contributed by atoms with van der Waals surface area (Å²) in [6, 6.07) is -0.361. The van der Waals surface area contributed by atoms with Crippen LogP contribution in [-0.4, -0.2) is 32.6 Å². The number of urea groups is 1. The van der Waals surface area contributed by atoms with Gasteiger partial charge in [0.15, 0.2) is 0 Å². The molecule has 0 aliphatic heterocycles. The standard InChI is InChI=1S/C14H20N4O3/c1-10-7-16-11(8-15-10)9-17-13(21)18-14(6-12(19)20)4-2-3-5-14/h7-8H,2-6,9H2,1H3,(H,19,20)(H2,17,18,21). The van der Waals surface area contributed by atoms with E-state index in [-0.39, 0.29) is 19.0 Å². The predicted molar refractivity (Wildman–Crippen MR) is 75.6 cm³/mol. The number of rotatable bonds is 5. The zero-order chi connectivity index (χ0) is 15.3. The molecule has 1 fully saturated rings. The van der Waals surface area contributed by atoms with E-state index in [0.29, 0.717) is 18.5 Å². The Morgan fingerprint density at radius 3 is 2.57 bits per heavy atom. The zero-order valence-corrected chi connectivity index (χ0v) is 12.1. The summed E-state index contributed by atoms with van der Waals surface area (Å²) in [5.41, 5.74) is 0.860. The van der Waals surface area contributed by atoms with Crippen LogP contribution in [0.4, 0.5) is 4.79 Å². The fraction of sp³-hybridized carbons (Fsp3) is 0.571. The van der Waals surface area contributed by atoms with Crippen LogP contribution in [0.3, 0.4) is 0 Å². The molecule has 0 bridgehead atoms. The Balaban J connectivity index is 1.87. The normalized spacial score (nSPS) is 16.4. The molecule has 3 N–H and O–H groups in total. The van der Waals surface area contributed by atoms with Gasteiger partial charge in [-0.2, -0.15) is 0 Å². The van der Waals surface area contributed by atoms with Crippen LogP contribution in [0.1, 0.15) is 43.5 Å². The second-order valence-electron chi connectivity index (χ2n) is 5.51. The van der Waals surface area contributed by atoms with Gasteiger partial charge in [-0.15, -0.1) is 0 Å². The number of aliphatic carboxylic acids is 1. The molecule has 21 heavy (non-hydrogen) atoms. The largest absolute Gasteiger partial charge is 0.481 e. The number of hydrogen-bond donors (Lipinski definition) is 3. The van der Waals surface area contributed by atoms with E-state index in [2.05, 4.69) is 20.6 Å². The number of amides is 2. The number of nitrogens with zero attached hydrogens (tertiary/aromatic N) is 2. The minimum Gasteiger partial charge on any atom is -0.481 e. The molecule has 1 heterocycles. The van der Waals surface area contributed by atoms with Crippen LogP contribution < -0.4 is 10.6 Å². The maximum absolute atomic E-state index is 12.0. The molecule has 1 aromatic rings. The minimum absolute atomic E-state index is 0.0369. The number of carbonyl (C=O) groups excluding carboxylic acids is 1. The van der Waals surface area contributed by atoms with E-state index in [0.717, 1.165) is 18.5 Å². The molecule has 0 atom stereocenters. The topological polar surface area (TPSA) is 104 Å². The van der Waals surface area contributed by atoms with Gasteiger partial charge in [0.1, 0.15) is 0 Å². The average Bonchev–Trinajstić information content (AvgIpc) is 2.85. The summed E-state index contributed by atoms with van der Waals surface area (Å²) < 4.78 is 0. The quantitative estimate of drug-likeness (QED) is 0.760. The Morgan fingerprint density at radius 1 is 1.29 bits per heavy atom. The molecule has 0 aromatic carbocycles. The number of aromatic nitrogens is 2. The van der Waals surface area contributed by atoms with Gasteiger partial charge in [-0.05, 0) is 19.8 Å². The third-order valence-electron chi connectivity index (χ3n) is 3.69. The van der Waals surface area contributed by atoms with Crippen molar-refractivity contribution in [3.63, 3.8) is 0 Å². The van der Waals surface area contributed by atoms with Crippen molar-refractivity contribution in [2.45, 2.75) is 51.1 Å². The molecule has 2 rings (SSSR count). The summed E-state index contributed by atoms with van der Waals surface area (Å²) in [6.45, 7) is 2.11. The van der Waals surface area contributed by atoms with Gasteiger partial charge >= 0.3 is 12.0 Å². The Labute approximate surface area is 123 Å². The van der Waals surface area contributed by atoms with Gasteiger partial charge in [0.05, 0.1) is 36.1 Å². The molecule has 0 unspecified atom stereocenters. The second kappa shape index (κ2) is 6.51. The van der Waals surface area contributed by atoms with E-state index >= 15 is 0 Å². The van der Waals surface area contributed by atoms with Crippen molar-refractivity contribution < 1.29 is 14.7 Å². The maximum Gasteiger partial charge on any atom is 0.315 e. The monoisotopic (exact) mass is 292 g/mol. The summed E-state index contributed by atoms with van der Waals surface area (Å²) in [5, 5.41) is 14.5. The molecule has 0 spiro atoms. The number of nitrogens with one attached hydrogen (secondary N) is 2. The lowest BCUT2D eigenvalue weighted by molar-refractivity contribution is -0.138. The van der Waals surface area contributed by atoms with E-state index in [1.165, 1.54) is 0 Å². The summed E-state index contributed by atoms with van der Waals surface area (Å²) in [5.74, 6) is -0.887. The molecule has 1 aromatic heterocycles. The highest BCUT2D eigenvalue weighted by molar-refractivity contribution is 5.76. The van der Waals surface area contributed by atoms with Crippen molar-refractivity contribution in [2.24, 2.45) is 0 Å². The number of hydrogen-bond acceptors (Lipinski definition) is 4. The first-order chi connectivity index (χ1) is 9.99. The van der Waals surface area contributed by atoms with Gasteiger partial charge in [0, 0.05) is 6.20 Å². The smallest absolute Gasteiger partial charge is 0.315 e. The first-order valence-electron chi connectivity index (χ1n) is 7.04. The SMILES string of the molecule is Cc1cnc(CNC(=O)NC2(CC(=O)O)CCCC2)cn1. The molecule has 0 radical (unpaired) electrons. The van der Waals surface area contributed by atoms with Gasteiger partial charge in [-0.1, -0.05) is 12.8 Å². The number of carboxylic acid groups (broad SMARTS) is 1. The molecule has 0 saturated heterocycles. The Kier molecular flexibility index (Phi) is 4.72. The fourth-order valence-corrected chi connectivity index (χ4v) is 2.65. The minimum atomic E-state index is -0.887. The first-order valence-corrected chi connectivity index (χ1v) is 7.04. The molecule has 1 saturated carbocycles. The van der Waals surface area contributed by atoms with Crippen LogP contribution in [0.25, 0.3) is 0 Å². The molecule has 114 valence electrons. The average molecular weight is 292 g/mol. The van der Waals surface area contributed by atoms with E-state index in [4.69, 9.17) is 5.11 Å². The van der Waals surface area contributed by atoms with Crippen LogP contribution in [0.15, 0.2) is 12.4 Å². The number of carbonyl (C=O) groups is 2. The van der Waals surface area contributed by atoms with Crippen LogP contribution in [0, 0.1) is 6.92 Å². The van der Waals surface area contributed by atoms with Crippen molar-refractivity contribution in [3.8, 4) is 0 Å². The second-order valence-corrected chi connectivity index (χ2v) is 5.51. The van der Waals surface area contributed by atoms with E-state index in [1.807, 2.05) is 6.92 Å². The lowest BCUT2D eigenvalue weighted by Gasteiger charge is -2.28. The molecular weight excluding hydrogens is 272 g/mol. The summed E-state index contributed by atoms with van der Waals surface area (Å²) in [4.78, 5) is 31.2. The fourth-order valence-electron chi connectivity index (χ4n) is 2.65. The highest BCUT2D eigenvalue weighted by Crippen LogP contribution is 2.32. The summed E-state index contributed by atoms with van der Waals surface area (Å²) in [7, 11) is 0. The first kappa shape index (κ1) is 15.2. The third-order valence-corrected chi connectivity index (χ3v) is 3.69. The maximum atomic E-state index is 12.0. The van der Waals surface area contributed by atoms with Crippen LogP contribution in [0.2, 0.25) is 0 Å². The van der Waals surface area contributed by atoms with E-state index < -0.39 is 11.5 Å².